The second-order valence-electron chi connectivity index (χ2n) is 1.91. The van der Waals surface area contributed by atoms with Crippen molar-refractivity contribution in [3.8, 4) is 0 Å². The van der Waals surface area contributed by atoms with Gasteiger partial charge in [0.15, 0.2) is 0 Å². The largest absolute Gasteiger partial charge is 0.399 e. The Morgan fingerprint density at radius 3 is 1.89 bits per heavy atom. The number of nitrogen functional groups attached to an aromatic ring is 1. The van der Waals surface area contributed by atoms with Crippen molar-refractivity contribution in [1.82, 2.24) is 0 Å². The van der Waals surface area contributed by atoms with Crippen molar-refractivity contribution in [2.75, 3.05) is 5.73 Å². The molecular weight excluding hydrogens is 149 g/mol. The van der Waals surface area contributed by atoms with Gasteiger partial charge in [0, 0.05) is 24.2 Å². The molecule has 9 heavy (non-hydrogen) atoms. The van der Waals surface area contributed by atoms with Crippen LogP contribution in [-0.2, 0) is 18.6 Å². The summed E-state index contributed by atoms with van der Waals surface area (Å²) in [4.78, 5) is 0. The van der Waals surface area contributed by atoms with Gasteiger partial charge in [-0.2, -0.15) is 0 Å². The maximum Gasteiger partial charge on any atom is 0.0314 e. The molecule has 47 valence electrons. The molecule has 1 aromatic carbocycles. The minimum Gasteiger partial charge on any atom is -0.399 e. The average molecular weight is 158 g/mol. The molecule has 0 heterocycles. The number of nitrogens with two attached hydrogens (primary N) is 1. The third kappa shape index (κ3) is 2.59. The molecule has 1 nitrogen and oxygen atoms in total. The van der Waals surface area contributed by atoms with Gasteiger partial charge in [-0.1, -0.05) is 17.7 Å². The van der Waals surface area contributed by atoms with Crippen LogP contribution in [0.2, 0.25) is 0 Å². The summed E-state index contributed by atoms with van der Waals surface area (Å²) in [5.74, 6) is 0. The molecule has 0 aliphatic rings. The van der Waals surface area contributed by atoms with Gasteiger partial charge in [0.2, 0.25) is 0 Å². The number of hydrogen-bond acceptors (Lipinski definition) is 1. The first kappa shape index (κ1) is 8.60. The van der Waals surface area contributed by atoms with Crippen LogP contribution in [-0.4, -0.2) is 0 Å². The van der Waals surface area contributed by atoms with E-state index in [1.807, 2.05) is 31.2 Å². The van der Waals surface area contributed by atoms with Gasteiger partial charge in [-0.15, -0.1) is 0 Å². The molecule has 1 radical (unpaired) electrons. The second kappa shape index (κ2) is 3.60. The van der Waals surface area contributed by atoms with E-state index in [1.54, 1.807) is 0 Å². The summed E-state index contributed by atoms with van der Waals surface area (Å²) in [7, 11) is 0. The fourth-order valence-electron chi connectivity index (χ4n) is 0.566. The third-order valence-electron chi connectivity index (χ3n) is 1.08. The van der Waals surface area contributed by atoms with E-state index < -0.39 is 0 Å². The van der Waals surface area contributed by atoms with Gasteiger partial charge in [0.25, 0.3) is 0 Å². The van der Waals surface area contributed by atoms with Crippen molar-refractivity contribution in [2.24, 2.45) is 0 Å². The van der Waals surface area contributed by atoms with Crippen LogP contribution in [0.1, 0.15) is 5.56 Å². The topological polar surface area (TPSA) is 26.0 Å². The summed E-state index contributed by atoms with van der Waals surface area (Å²) < 4.78 is 0. The number of aryl methyl sites for hydroxylation is 1. The smallest absolute Gasteiger partial charge is 0.0314 e. The number of anilines is 1. The van der Waals surface area contributed by atoms with Crippen LogP contribution in [0.25, 0.3) is 0 Å². The Kier molecular flexibility index (Phi) is 3.44. The van der Waals surface area contributed by atoms with Crippen LogP contribution in [0.3, 0.4) is 0 Å². The third-order valence-corrected chi connectivity index (χ3v) is 1.08. The number of hydrogen-bond donors (Lipinski definition) is 1. The standard InChI is InChI=1S/C7H9N.V/c1-6-2-4-7(8)5-3-6;/h2-5H,8H2,1H3;. The number of rotatable bonds is 0. The quantitative estimate of drug-likeness (QED) is 0.570. The van der Waals surface area contributed by atoms with E-state index in [1.165, 1.54) is 5.56 Å². The van der Waals surface area contributed by atoms with Crippen molar-refractivity contribution in [3.05, 3.63) is 29.8 Å². The van der Waals surface area contributed by atoms with E-state index in [4.69, 9.17) is 5.73 Å². The molecule has 0 amide bonds. The molecule has 0 spiro atoms. The van der Waals surface area contributed by atoms with Crippen LogP contribution in [0.5, 0.6) is 0 Å². The Morgan fingerprint density at radius 1 is 1.11 bits per heavy atom. The summed E-state index contributed by atoms with van der Waals surface area (Å²) in [6.45, 7) is 2.04. The second-order valence-corrected chi connectivity index (χ2v) is 1.91. The van der Waals surface area contributed by atoms with Gasteiger partial charge in [-0.05, 0) is 19.1 Å². The molecule has 0 aliphatic heterocycles. The van der Waals surface area contributed by atoms with Crippen LogP contribution >= 0.6 is 0 Å². The maximum absolute atomic E-state index is 5.43. The Labute approximate surface area is 67.1 Å². The zero-order valence-electron chi connectivity index (χ0n) is 5.33. The summed E-state index contributed by atoms with van der Waals surface area (Å²) in [5.41, 5.74) is 7.51. The normalized spacial score (nSPS) is 8.11. The predicted molar refractivity (Wildman–Crippen MR) is 35.6 cm³/mol. The van der Waals surface area contributed by atoms with Crippen molar-refractivity contribution in [1.29, 1.82) is 0 Å². The molecule has 1 rings (SSSR count). The molecule has 0 unspecified atom stereocenters. The molecule has 2 heteroatoms. The fourth-order valence-corrected chi connectivity index (χ4v) is 0.566. The Hall–Kier alpha value is -0.396. The summed E-state index contributed by atoms with van der Waals surface area (Å²) >= 11 is 0. The van der Waals surface area contributed by atoms with E-state index in [-0.39, 0.29) is 18.6 Å². The zero-order chi connectivity index (χ0) is 5.98. The fraction of sp³-hybridized carbons (Fsp3) is 0.143. The molecule has 0 atom stereocenters. The maximum atomic E-state index is 5.43. The molecule has 0 saturated heterocycles. The van der Waals surface area contributed by atoms with E-state index in [9.17, 15) is 0 Å². The van der Waals surface area contributed by atoms with Crippen LogP contribution in [0.4, 0.5) is 5.69 Å². The van der Waals surface area contributed by atoms with E-state index in [2.05, 4.69) is 0 Å². The van der Waals surface area contributed by atoms with Gasteiger partial charge in [-0.3, -0.25) is 0 Å². The van der Waals surface area contributed by atoms with Gasteiger partial charge >= 0.3 is 0 Å². The first-order chi connectivity index (χ1) is 3.79. The molecule has 1 aromatic rings. The van der Waals surface area contributed by atoms with Crippen molar-refractivity contribution < 1.29 is 18.6 Å². The minimum atomic E-state index is 0. The van der Waals surface area contributed by atoms with E-state index in [0.29, 0.717) is 0 Å². The molecule has 0 fully saturated rings. The SMILES string of the molecule is Cc1ccc(N)cc1.[V]. The minimum absolute atomic E-state index is 0. The average Bonchev–Trinajstić information content (AvgIpc) is 1.77. The van der Waals surface area contributed by atoms with E-state index >= 15 is 0 Å². The summed E-state index contributed by atoms with van der Waals surface area (Å²) in [5, 5.41) is 0. The van der Waals surface area contributed by atoms with Crippen molar-refractivity contribution in [3.63, 3.8) is 0 Å². The van der Waals surface area contributed by atoms with E-state index in [0.717, 1.165) is 5.69 Å². The first-order valence-electron chi connectivity index (χ1n) is 2.61. The zero-order valence-corrected chi connectivity index (χ0v) is 6.73. The molecule has 0 aliphatic carbocycles. The first-order valence-corrected chi connectivity index (χ1v) is 2.61. The number of benzene rings is 1. The van der Waals surface area contributed by atoms with Crippen LogP contribution < -0.4 is 5.73 Å². The van der Waals surface area contributed by atoms with Crippen molar-refractivity contribution >= 4 is 5.69 Å². The Bertz CT molecular complexity index is 148. The predicted octanol–water partition coefficient (Wildman–Crippen LogP) is 1.57. The van der Waals surface area contributed by atoms with Gasteiger partial charge in [-0.25, -0.2) is 0 Å². The monoisotopic (exact) mass is 158 g/mol. The van der Waals surface area contributed by atoms with Gasteiger partial charge < -0.3 is 5.73 Å². The Balaban J connectivity index is 0.000000640. The van der Waals surface area contributed by atoms with Crippen molar-refractivity contribution in [2.45, 2.75) is 6.92 Å². The molecular formula is C7H9NV. The van der Waals surface area contributed by atoms with Gasteiger partial charge in [0.1, 0.15) is 0 Å². The Morgan fingerprint density at radius 2 is 1.56 bits per heavy atom. The molecule has 0 bridgehead atoms. The summed E-state index contributed by atoms with van der Waals surface area (Å²) in [6, 6.07) is 7.79. The molecule has 0 aromatic heterocycles. The van der Waals surface area contributed by atoms with Gasteiger partial charge in [0.05, 0.1) is 0 Å². The van der Waals surface area contributed by atoms with Crippen LogP contribution in [0.15, 0.2) is 24.3 Å². The molecule has 0 saturated carbocycles. The summed E-state index contributed by atoms with van der Waals surface area (Å²) in [6.07, 6.45) is 0. The van der Waals surface area contributed by atoms with Crippen LogP contribution in [0, 0.1) is 6.92 Å². The molecule has 2 N–H and O–H groups in total.